The third-order valence-corrected chi connectivity index (χ3v) is 5.10. The molecule has 2 aromatic carbocycles. The van der Waals surface area contributed by atoms with E-state index in [0.717, 1.165) is 15.6 Å². The van der Waals surface area contributed by atoms with Gasteiger partial charge < -0.3 is 15.0 Å². The van der Waals surface area contributed by atoms with E-state index in [4.69, 9.17) is 16.3 Å². The van der Waals surface area contributed by atoms with Crippen molar-refractivity contribution >= 4 is 39.3 Å². The van der Waals surface area contributed by atoms with Crippen LogP contribution >= 0.6 is 27.5 Å². The summed E-state index contributed by atoms with van der Waals surface area (Å²) < 4.78 is 6.45. The van der Waals surface area contributed by atoms with Crippen LogP contribution < -0.4 is 10.1 Å². The minimum absolute atomic E-state index is 0.204. The number of nitrogens with zero attached hydrogens (tertiary/aromatic N) is 1. The van der Waals surface area contributed by atoms with Crippen LogP contribution in [0.2, 0.25) is 5.02 Å². The zero-order valence-corrected chi connectivity index (χ0v) is 18.5. The van der Waals surface area contributed by atoms with Crippen molar-refractivity contribution in [1.29, 1.82) is 0 Å². The number of hydrogen-bond donors (Lipinski definition) is 1. The van der Waals surface area contributed by atoms with Gasteiger partial charge in [-0.3, -0.25) is 9.59 Å². The Bertz CT molecular complexity index is 844. The molecular weight excluding hydrogens is 444 g/mol. The van der Waals surface area contributed by atoms with Gasteiger partial charge in [0, 0.05) is 18.1 Å². The molecule has 2 amide bonds. The predicted molar refractivity (Wildman–Crippen MR) is 115 cm³/mol. The van der Waals surface area contributed by atoms with Gasteiger partial charge in [0.1, 0.15) is 11.8 Å². The summed E-state index contributed by atoms with van der Waals surface area (Å²) in [7, 11) is 1.57. The lowest BCUT2D eigenvalue weighted by Crippen LogP contribution is -2.49. The fourth-order valence-corrected chi connectivity index (χ4v) is 3.64. The van der Waals surface area contributed by atoms with Gasteiger partial charge in [-0.05, 0) is 37.1 Å². The summed E-state index contributed by atoms with van der Waals surface area (Å²) in [5.74, 6) is -0.0668. The van der Waals surface area contributed by atoms with Crippen molar-refractivity contribution in [3.63, 3.8) is 0 Å². The first-order valence-corrected chi connectivity index (χ1v) is 10.2. The first-order chi connectivity index (χ1) is 13.3. The van der Waals surface area contributed by atoms with Gasteiger partial charge in [0.2, 0.25) is 5.91 Å². The summed E-state index contributed by atoms with van der Waals surface area (Å²) in [6.45, 7) is 3.98. The topological polar surface area (TPSA) is 58.6 Å². The Morgan fingerprint density at radius 3 is 2.61 bits per heavy atom. The zero-order valence-electron chi connectivity index (χ0n) is 16.2. The number of hydrogen-bond acceptors (Lipinski definition) is 3. The maximum Gasteiger partial charge on any atom is 0.261 e. The molecule has 0 spiro atoms. The molecule has 0 aliphatic heterocycles. The van der Waals surface area contributed by atoms with Crippen molar-refractivity contribution in [3.8, 4) is 5.75 Å². The first kappa shape index (κ1) is 22.2. The molecule has 0 aliphatic carbocycles. The molecule has 0 heterocycles. The van der Waals surface area contributed by atoms with Crippen LogP contribution in [-0.2, 0) is 16.1 Å². The fraction of sp³-hybridized carbons (Fsp3) is 0.333. The van der Waals surface area contributed by atoms with E-state index in [1.54, 1.807) is 30.1 Å². The molecule has 2 aromatic rings. The lowest BCUT2D eigenvalue weighted by molar-refractivity contribution is -0.142. The highest BCUT2D eigenvalue weighted by Crippen LogP contribution is 2.27. The smallest absolute Gasteiger partial charge is 0.261 e. The molecule has 0 aromatic heterocycles. The molecule has 0 unspecified atom stereocenters. The van der Waals surface area contributed by atoms with Gasteiger partial charge in [-0.25, -0.2) is 0 Å². The van der Waals surface area contributed by atoms with Crippen LogP contribution in [0.3, 0.4) is 0 Å². The molecule has 0 aliphatic rings. The summed E-state index contributed by atoms with van der Waals surface area (Å²) in [5.41, 5.74) is 2.05. The van der Waals surface area contributed by atoms with Crippen LogP contribution in [0.5, 0.6) is 5.75 Å². The van der Waals surface area contributed by atoms with Gasteiger partial charge in [0.05, 0.1) is 5.02 Å². The van der Waals surface area contributed by atoms with E-state index in [2.05, 4.69) is 21.2 Å². The average molecular weight is 468 g/mol. The highest BCUT2D eigenvalue weighted by Gasteiger charge is 2.28. The number of halogens is 2. The number of ether oxygens (including phenoxy) is 1. The molecule has 0 fully saturated rings. The molecule has 0 saturated carbocycles. The predicted octanol–water partition coefficient (Wildman–Crippen LogP) is 4.34. The van der Waals surface area contributed by atoms with Gasteiger partial charge in [0.25, 0.3) is 5.91 Å². The van der Waals surface area contributed by atoms with Crippen molar-refractivity contribution in [2.45, 2.75) is 32.9 Å². The van der Waals surface area contributed by atoms with E-state index < -0.39 is 6.04 Å². The Morgan fingerprint density at radius 1 is 1.25 bits per heavy atom. The van der Waals surface area contributed by atoms with E-state index >= 15 is 0 Å². The van der Waals surface area contributed by atoms with E-state index in [1.165, 1.54) is 0 Å². The standard InChI is InChI=1S/C21H24BrClN2O3/c1-4-18(21(27)24-3)25(12-15-7-5-6-14(2)10-15)20(26)13-28-19-9-8-16(22)11-17(19)23/h5-11,18H,4,12-13H2,1-3H3,(H,24,27)/t18-/m0/s1. The Balaban J connectivity index is 2.21. The lowest BCUT2D eigenvalue weighted by atomic mass is 10.1. The monoisotopic (exact) mass is 466 g/mol. The molecule has 0 radical (unpaired) electrons. The highest BCUT2D eigenvalue weighted by atomic mass is 79.9. The van der Waals surface area contributed by atoms with Gasteiger partial charge in [-0.1, -0.05) is 64.3 Å². The molecule has 7 heteroatoms. The third-order valence-electron chi connectivity index (χ3n) is 4.31. The largest absolute Gasteiger partial charge is 0.482 e. The Morgan fingerprint density at radius 2 is 2.00 bits per heavy atom. The molecule has 150 valence electrons. The summed E-state index contributed by atoms with van der Waals surface area (Å²) >= 11 is 9.49. The first-order valence-electron chi connectivity index (χ1n) is 9.00. The van der Waals surface area contributed by atoms with Crippen molar-refractivity contribution < 1.29 is 14.3 Å². The quantitative estimate of drug-likeness (QED) is 0.628. The number of rotatable bonds is 8. The number of amides is 2. The third kappa shape index (κ3) is 5.97. The Hall–Kier alpha value is -2.05. The maximum absolute atomic E-state index is 13.0. The molecule has 5 nitrogen and oxygen atoms in total. The van der Waals surface area contributed by atoms with E-state index in [9.17, 15) is 9.59 Å². The highest BCUT2D eigenvalue weighted by molar-refractivity contribution is 9.10. The molecule has 28 heavy (non-hydrogen) atoms. The molecule has 1 N–H and O–H groups in total. The molecular formula is C21H24BrClN2O3. The van der Waals surface area contributed by atoms with E-state index in [0.29, 0.717) is 23.7 Å². The SMILES string of the molecule is CC[C@@H](C(=O)NC)N(Cc1cccc(C)c1)C(=O)COc1ccc(Br)cc1Cl. The minimum Gasteiger partial charge on any atom is -0.482 e. The number of carbonyl (C=O) groups excluding carboxylic acids is 2. The van der Waals surface area contributed by atoms with E-state index in [1.807, 2.05) is 38.1 Å². The second-order valence-electron chi connectivity index (χ2n) is 6.41. The fourth-order valence-electron chi connectivity index (χ4n) is 2.91. The minimum atomic E-state index is -0.581. The summed E-state index contributed by atoms with van der Waals surface area (Å²) in [4.78, 5) is 26.9. The average Bonchev–Trinajstić information content (AvgIpc) is 2.66. The van der Waals surface area contributed by atoms with Crippen molar-refractivity contribution in [2.75, 3.05) is 13.7 Å². The number of carbonyl (C=O) groups is 2. The van der Waals surface area contributed by atoms with Crippen molar-refractivity contribution in [1.82, 2.24) is 10.2 Å². The van der Waals surface area contributed by atoms with Crippen LogP contribution in [-0.4, -0.2) is 36.4 Å². The summed E-state index contributed by atoms with van der Waals surface area (Å²) in [6.07, 6.45) is 0.496. The normalized spacial score (nSPS) is 11.6. The van der Waals surface area contributed by atoms with Gasteiger partial charge in [-0.15, -0.1) is 0 Å². The molecule has 0 bridgehead atoms. The van der Waals surface area contributed by atoms with E-state index in [-0.39, 0.29) is 18.4 Å². The van der Waals surface area contributed by atoms with Crippen molar-refractivity contribution in [3.05, 3.63) is 63.1 Å². The van der Waals surface area contributed by atoms with Crippen molar-refractivity contribution in [2.24, 2.45) is 0 Å². The molecule has 2 rings (SSSR count). The van der Waals surface area contributed by atoms with Crippen LogP contribution in [0.4, 0.5) is 0 Å². The second-order valence-corrected chi connectivity index (χ2v) is 7.74. The van der Waals surface area contributed by atoms with Gasteiger partial charge in [-0.2, -0.15) is 0 Å². The van der Waals surface area contributed by atoms with Crippen LogP contribution in [0.15, 0.2) is 46.9 Å². The second kappa shape index (κ2) is 10.5. The zero-order chi connectivity index (χ0) is 20.7. The number of aryl methyl sites for hydroxylation is 1. The van der Waals surface area contributed by atoms with Crippen LogP contribution in [0, 0.1) is 6.92 Å². The van der Waals surface area contributed by atoms with Gasteiger partial charge >= 0.3 is 0 Å². The number of benzene rings is 2. The number of likely N-dealkylation sites (N-methyl/N-ethyl adjacent to an activating group) is 1. The molecule has 1 atom stereocenters. The van der Waals surface area contributed by atoms with Crippen LogP contribution in [0.25, 0.3) is 0 Å². The summed E-state index contributed by atoms with van der Waals surface area (Å²) in [5, 5.41) is 3.05. The van der Waals surface area contributed by atoms with Gasteiger partial charge in [0.15, 0.2) is 6.61 Å². The Labute approximate surface area is 179 Å². The lowest BCUT2D eigenvalue weighted by Gasteiger charge is -2.30. The maximum atomic E-state index is 13.0. The number of nitrogens with one attached hydrogen (secondary N) is 1. The summed E-state index contributed by atoms with van der Waals surface area (Å²) in [6, 6.07) is 12.5. The molecule has 0 saturated heterocycles. The Kier molecular flexibility index (Phi) is 8.33. The van der Waals surface area contributed by atoms with Crippen LogP contribution in [0.1, 0.15) is 24.5 Å².